The van der Waals surface area contributed by atoms with E-state index in [-0.39, 0.29) is 5.54 Å². The Labute approximate surface area is 118 Å². The molecule has 1 fully saturated rings. The van der Waals surface area contributed by atoms with Crippen LogP contribution in [0.3, 0.4) is 0 Å². The highest BCUT2D eigenvalue weighted by atomic mass is 15.2. The minimum Gasteiger partial charge on any atom is -0.366 e. The summed E-state index contributed by atoms with van der Waals surface area (Å²) in [6.45, 7) is 11.1. The molecule has 2 N–H and O–H groups in total. The van der Waals surface area contributed by atoms with Gasteiger partial charge in [-0.1, -0.05) is 6.07 Å². The van der Waals surface area contributed by atoms with Gasteiger partial charge in [0.1, 0.15) is 0 Å². The van der Waals surface area contributed by atoms with Gasteiger partial charge in [-0.05, 0) is 82.7 Å². The predicted octanol–water partition coefficient (Wildman–Crippen LogP) is 3.65. The standard InChI is InChI=1S/C17H28N2/c1-13-9-14(2)11-16(10-13)19-8-6-15(5-7-18)12-17(19,3)4/h9-11,15H,5-8,12,18H2,1-4H3. The number of rotatable bonds is 3. The van der Waals surface area contributed by atoms with Crippen LogP contribution in [-0.4, -0.2) is 18.6 Å². The second-order valence-electron chi connectivity index (χ2n) is 6.75. The van der Waals surface area contributed by atoms with E-state index in [1.54, 1.807) is 0 Å². The van der Waals surface area contributed by atoms with E-state index < -0.39 is 0 Å². The molecule has 1 unspecified atom stereocenters. The molecule has 2 rings (SSSR count). The summed E-state index contributed by atoms with van der Waals surface area (Å²) in [6, 6.07) is 6.88. The lowest BCUT2D eigenvalue weighted by Gasteiger charge is -2.47. The number of benzene rings is 1. The van der Waals surface area contributed by atoms with Gasteiger partial charge in [0.25, 0.3) is 0 Å². The summed E-state index contributed by atoms with van der Waals surface area (Å²) < 4.78 is 0. The van der Waals surface area contributed by atoms with Crippen LogP contribution in [0.2, 0.25) is 0 Å². The smallest absolute Gasteiger partial charge is 0.0375 e. The van der Waals surface area contributed by atoms with Crippen molar-refractivity contribution >= 4 is 5.69 Å². The lowest BCUT2D eigenvalue weighted by atomic mass is 9.80. The summed E-state index contributed by atoms with van der Waals surface area (Å²) in [6.07, 6.45) is 3.69. The van der Waals surface area contributed by atoms with Gasteiger partial charge in [0.2, 0.25) is 0 Å². The predicted molar refractivity (Wildman–Crippen MR) is 83.7 cm³/mol. The summed E-state index contributed by atoms with van der Waals surface area (Å²) in [5.41, 5.74) is 10.1. The third-order valence-electron chi connectivity index (χ3n) is 4.37. The number of hydrogen-bond acceptors (Lipinski definition) is 2. The van der Waals surface area contributed by atoms with Gasteiger partial charge in [-0.2, -0.15) is 0 Å². The number of nitrogens with two attached hydrogens (primary N) is 1. The molecule has 0 radical (unpaired) electrons. The van der Waals surface area contributed by atoms with Gasteiger partial charge >= 0.3 is 0 Å². The zero-order chi connectivity index (χ0) is 14.0. The van der Waals surface area contributed by atoms with E-state index in [0.29, 0.717) is 0 Å². The van der Waals surface area contributed by atoms with E-state index in [1.165, 1.54) is 36.1 Å². The highest BCUT2D eigenvalue weighted by Crippen LogP contribution is 2.37. The van der Waals surface area contributed by atoms with Crippen molar-refractivity contribution in [2.24, 2.45) is 11.7 Å². The van der Waals surface area contributed by atoms with Crippen LogP contribution < -0.4 is 10.6 Å². The zero-order valence-corrected chi connectivity index (χ0v) is 12.9. The molecule has 1 saturated heterocycles. The Morgan fingerprint density at radius 2 is 1.84 bits per heavy atom. The van der Waals surface area contributed by atoms with Crippen LogP contribution in [0.15, 0.2) is 18.2 Å². The van der Waals surface area contributed by atoms with Crippen LogP contribution in [0.5, 0.6) is 0 Å². The van der Waals surface area contributed by atoms with Crippen LogP contribution in [0.4, 0.5) is 5.69 Å². The van der Waals surface area contributed by atoms with Gasteiger partial charge in [-0.25, -0.2) is 0 Å². The number of anilines is 1. The Balaban J connectivity index is 2.21. The molecule has 0 bridgehead atoms. The van der Waals surface area contributed by atoms with Crippen molar-refractivity contribution in [2.45, 2.75) is 52.5 Å². The first-order chi connectivity index (χ1) is 8.92. The van der Waals surface area contributed by atoms with Crippen molar-refractivity contribution in [3.8, 4) is 0 Å². The highest BCUT2D eigenvalue weighted by molar-refractivity contribution is 5.53. The molecule has 0 amide bonds. The van der Waals surface area contributed by atoms with Crippen LogP contribution in [-0.2, 0) is 0 Å². The van der Waals surface area contributed by atoms with Crippen molar-refractivity contribution in [3.63, 3.8) is 0 Å². The topological polar surface area (TPSA) is 29.3 Å². The van der Waals surface area contributed by atoms with Gasteiger partial charge in [0.05, 0.1) is 0 Å². The first-order valence-corrected chi connectivity index (χ1v) is 7.48. The minimum atomic E-state index is 0.234. The monoisotopic (exact) mass is 260 g/mol. The van der Waals surface area contributed by atoms with E-state index in [4.69, 9.17) is 5.73 Å². The fraction of sp³-hybridized carbons (Fsp3) is 0.647. The quantitative estimate of drug-likeness (QED) is 0.899. The summed E-state index contributed by atoms with van der Waals surface area (Å²) in [5, 5.41) is 0. The van der Waals surface area contributed by atoms with E-state index in [0.717, 1.165) is 19.0 Å². The molecule has 19 heavy (non-hydrogen) atoms. The average molecular weight is 260 g/mol. The summed E-state index contributed by atoms with van der Waals surface area (Å²) in [7, 11) is 0. The van der Waals surface area contributed by atoms with Gasteiger partial charge in [-0.15, -0.1) is 0 Å². The molecule has 1 atom stereocenters. The molecule has 2 nitrogen and oxygen atoms in total. The Kier molecular flexibility index (Phi) is 4.19. The van der Waals surface area contributed by atoms with Gasteiger partial charge in [0.15, 0.2) is 0 Å². The first kappa shape index (κ1) is 14.4. The maximum absolute atomic E-state index is 5.72. The number of hydrogen-bond donors (Lipinski definition) is 1. The second kappa shape index (κ2) is 5.54. The molecule has 1 heterocycles. The molecule has 0 aliphatic carbocycles. The normalized spacial score (nSPS) is 22.6. The summed E-state index contributed by atoms with van der Waals surface area (Å²) >= 11 is 0. The number of nitrogens with zero attached hydrogens (tertiary/aromatic N) is 1. The molecule has 1 aliphatic heterocycles. The third-order valence-corrected chi connectivity index (χ3v) is 4.37. The molecule has 2 heteroatoms. The van der Waals surface area contributed by atoms with E-state index in [9.17, 15) is 0 Å². The van der Waals surface area contributed by atoms with Crippen molar-refractivity contribution < 1.29 is 0 Å². The van der Waals surface area contributed by atoms with Crippen LogP contribution in [0, 0.1) is 19.8 Å². The van der Waals surface area contributed by atoms with Crippen molar-refractivity contribution in [1.29, 1.82) is 0 Å². The van der Waals surface area contributed by atoms with E-state index in [2.05, 4.69) is 50.8 Å². The molecule has 106 valence electrons. The van der Waals surface area contributed by atoms with Crippen molar-refractivity contribution in [2.75, 3.05) is 18.0 Å². The van der Waals surface area contributed by atoms with Crippen LogP contribution >= 0.6 is 0 Å². The number of piperidine rings is 1. The number of aryl methyl sites for hydroxylation is 2. The molecule has 1 aromatic carbocycles. The molecule has 0 aromatic heterocycles. The van der Waals surface area contributed by atoms with Crippen LogP contribution in [0.25, 0.3) is 0 Å². The van der Waals surface area contributed by atoms with Crippen molar-refractivity contribution in [1.82, 2.24) is 0 Å². The van der Waals surface area contributed by atoms with Gasteiger partial charge < -0.3 is 10.6 Å². The third kappa shape index (κ3) is 3.30. The van der Waals surface area contributed by atoms with Gasteiger partial charge in [0, 0.05) is 17.8 Å². The molecule has 0 spiro atoms. The molecular formula is C17H28N2. The molecule has 0 saturated carbocycles. The first-order valence-electron chi connectivity index (χ1n) is 7.48. The lowest BCUT2D eigenvalue weighted by Crippen LogP contribution is -2.50. The molecule has 1 aromatic rings. The molecular weight excluding hydrogens is 232 g/mol. The maximum atomic E-state index is 5.72. The fourth-order valence-corrected chi connectivity index (χ4v) is 3.60. The Morgan fingerprint density at radius 3 is 2.37 bits per heavy atom. The average Bonchev–Trinajstić information content (AvgIpc) is 2.26. The summed E-state index contributed by atoms with van der Waals surface area (Å²) in [4.78, 5) is 2.58. The van der Waals surface area contributed by atoms with Crippen molar-refractivity contribution in [3.05, 3.63) is 29.3 Å². The summed E-state index contributed by atoms with van der Waals surface area (Å²) in [5.74, 6) is 0.794. The Hall–Kier alpha value is -1.02. The zero-order valence-electron chi connectivity index (χ0n) is 12.9. The van der Waals surface area contributed by atoms with E-state index >= 15 is 0 Å². The molecule has 1 aliphatic rings. The Bertz CT molecular complexity index is 417. The van der Waals surface area contributed by atoms with E-state index in [1.807, 2.05) is 0 Å². The lowest BCUT2D eigenvalue weighted by molar-refractivity contribution is 0.264. The Morgan fingerprint density at radius 1 is 1.21 bits per heavy atom. The fourth-order valence-electron chi connectivity index (χ4n) is 3.60. The highest BCUT2D eigenvalue weighted by Gasteiger charge is 2.34. The SMILES string of the molecule is Cc1cc(C)cc(N2CCC(CCN)CC2(C)C)c1. The van der Waals surface area contributed by atoms with Crippen LogP contribution in [0.1, 0.15) is 44.2 Å². The second-order valence-corrected chi connectivity index (χ2v) is 6.75. The minimum absolute atomic E-state index is 0.234. The largest absolute Gasteiger partial charge is 0.366 e. The maximum Gasteiger partial charge on any atom is 0.0375 e. The van der Waals surface area contributed by atoms with Gasteiger partial charge in [-0.3, -0.25) is 0 Å².